The average Bonchev–Trinajstić information content (AvgIpc) is 2.28. The number of carbonyl (C=O) groups is 1. The summed E-state index contributed by atoms with van der Waals surface area (Å²) in [4.78, 5) is 11.4. The normalized spacial score (nSPS) is 16.8. The van der Waals surface area contributed by atoms with E-state index in [4.69, 9.17) is 17.3 Å². The Labute approximate surface area is 125 Å². The summed E-state index contributed by atoms with van der Waals surface area (Å²) in [5.41, 5.74) is 2.55. The molecule has 0 radical (unpaired) electrons. The Hall–Kier alpha value is -0.650. The fourth-order valence-electron chi connectivity index (χ4n) is 1.96. The number of hydrogen-bond acceptors (Lipinski definition) is 2. The van der Waals surface area contributed by atoms with Crippen LogP contribution in [0.1, 0.15) is 26.3 Å². The standard InChI is InChI=1S/C13H16BrClFNO2/c1-12(2,19)13(3,10(15)11(17)18)8-6-7(14)4-5-9(8)16/h4-6,10,19H,1-3H3,(H2,17,18)/t10?,13-/m0/s1. The first-order valence-electron chi connectivity index (χ1n) is 5.63. The number of rotatable bonds is 4. The zero-order valence-electron chi connectivity index (χ0n) is 10.9. The van der Waals surface area contributed by atoms with Crippen LogP contribution >= 0.6 is 27.5 Å². The van der Waals surface area contributed by atoms with Gasteiger partial charge in [0.2, 0.25) is 5.91 Å². The summed E-state index contributed by atoms with van der Waals surface area (Å²) in [6, 6.07) is 4.26. The van der Waals surface area contributed by atoms with Crippen LogP contribution in [0.2, 0.25) is 0 Å². The predicted octanol–water partition coefficient (Wildman–Crippen LogP) is 2.71. The number of aliphatic hydroxyl groups is 1. The largest absolute Gasteiger partial charge is 0.389 e. The first kappa shape index (κ1) is 16.4. The molecule has 1 rings (SSSR count). The maximum atomic E-state index is 14.1. The van der Waals surface area contributed by atoms with Crippen molar-refractivity contribution in [2.75, 3.05) is 0 Å². The molecule has 3 nitrogen and oxygen atoms in total. The lowest BCUT2D eigenvalue weighted by molar-refractivity contribution is -0.121. The van der Waals surface area contributed by atoms with Crippen molar-refractivity contribution >= 4 is 33.4 Å². The summed E-state index contributed by atoms with van der Waals surface area (Å²) in [5, 5.41) is 9.10. The molecule has 1 unspecified atom stereocenters. The van der Waals surface area contributed by atoms with E-state index >= 15 is 0 Å². The minimum Gasteiger partial charge on any atom is -0.389 e. The third-order valence-corrected chi connectivity index (χ3v) is 4.66. The van der Waals surface area contributed by atoms with Crippen LogP contribution in [0.5, 0.6) is 0 Å². The van der Waals surface area contributed by atoms with Crippen molar-refractivity contribution in [2.45, 2.75) is 37.2 Å². The molecule has 3 N–H and O–H groups in total. The summed E-state index contributed by atoms with van der Waals surface area (Å²) in [6.07, 6.45) is 0. The van der Waals surface area contributed by atoms with Gasteiger partial charge < -0.3 is 10.8 Å². The van der Waals surface area contributed by atoms with Gasteiger partial charge in [-0.15, -0.1) is 11.6 Å². The Balaban J connectivity index is 3.57. The second-order valence-electron chi connectivity index (χ2n) is 5.15. The second-order valence-corrected chi connectivity index (χ2v) is 6.50. The van der Waals surface area contributed by atoms with Gasteiger partial charge in [-0.3, -0.25) is 4.79 Å². The average molecular weight is 353 g/mol. The van der Waals surface area contributed by atoms with E-state index in [-0.39, 0.29) is 5.56 Å². The highest BCUT2D eigenvalue weighted by molar-refractivity contribution is 9.10. The topological polar surface area (TPSA) is 63.3 Å². The van der Waals surface area contributed by atoms with Crippen molar-refractivity contribution in [1.29, 1.82) is 0 Å². The van der Waals surface area contributed by atoms with Gasteiger partial charge in [-0.1, -0.05) is 22.9 Å². The minimum atomic E-state index is -1.45. The number of halogens is 3. The maximum absolute atomic E-state index is 14.1. The molecule has 106 valence electrons. The van der Waals surface area contributed by atoms with Gasteiger partial charge in [-0.05, 0) is 37.6 Å². The van der Waals surface area contributed by atoms with E-state index in [0.717, 1.165) is 0 Å². The van der Waals surface area contributed by atoms with Gasteiger partial charge in [-0.2, -0.15) is 0 Å². The van der Waals surface area contributed by atoms with Crippen molar-refractivity contribution in [3.8, 4) is 0 Å². The fourth-order valence-corrected chi connectivity index (χ4v) is 2.70. The molecule has 1 amide bonds. The zero-order valence-corrected chi connectivity index (χ0v) is 13.2. The highest BCUT2D eigenvalue weighted by atomic mass is 79.9. The van der Waals surface area contributed by atoms with E-state index in [2.05, 4.69) is 15.9 Å². The molecule has 0 saturated heterocycles. The monoisotopic (exact) mass is 351 g/mol. The van der Waals surface area contributed by atoms with E-state index in [1.165, 1.54) is 39.0 Å². The van der Waals surface area contributed by atoms with Crippen LogP contribution in [0, 0.1) is 5.82 Å². The van der Waals surface area contributed by atoms with Crippen molar-refractivity contribution in [1.82, 2.24) is 0 Å². The smallest absolute Gasteiger partial charge is 0.236 e. The lowest BCUT2D eigenvalue weighted by atomic mass is 9.67. The van der Waals surface area contributed by atoms with E-state index in [0.29, 0.717) is 4.47 Å². The molecule has 1 aromatic carbocycles. The molecule has 0 spiro atoms. The van der Waals surface area contributed by atoms with Crippen LogP contribution in [0.25, 0.3) is 0 Å². The van der Waals surface area contributed by atoms with Gasteiger partial charge in [0.25, 0.3) is 0 Å². The molecule has 0 aliphatic heterocycles. The number of hydrogen-bond donors (Lipinski definition) is 2. The molecule has 1 aromatic rings. The van der Waals surface area contributed by atoms with Gasteiger partial charge >= 0.3 is 0 Å². The van der Waals surface area contributed by atoms with Crippen LogP contribution < -0.4 is 5.73 Å². The van der Waals surface area contributed by atoms with Crippen LogP contribution in [-0.2, 0) is 10.2 Å². The zero-order chi connectivity index (χ0) is 15.0. The third kappa shape index (κ3) is 2.93. The van der Waals surface area contributed by atoms with Crippen LogP contribution in [0.15, 0.2) is 22.7 Å². The third-order valence-electron chi connectivity index (χ3n) is 3.52. The van der Waals surface area contributed by atoms with E-state index in [1.54, 1.807) is 0 Å². The quantitative estimate of drug-likeness (QED) is 0.818. The minimum absolute atomic E-state index is 0.133. The van der Waals surface area contributed by atoms with Gasteiger partial charge in [0, 0.05) is 9.89 Å². The summed E-state index contributed by atoms with van der Waals surface area (Å²) in [7, 11) is 0. The maximum Gasteiger partial charge on any atom is 0.236 e. The lowest BCUT2D eigenvalue weighted by Gasteiger charge is -2.43. The van der Waals surface area contributed by atoms with Crippen molar-refractivity contribution in [3.05, 3.63) is 34.1 Å². The Morgan fingerprint density at radius 3 is 2.42 bits per heavy atom. The molecule has 0 bridgehead atoms. The molecule has 0 aromatic heterocycles. The second kappa shape index (κ2) is 5.38. The Kier molecular flexibility index (Phi) is 4.65. The number of benzene rings is 1. The summed E-state index contributed by atoms with van der Waals surface area (Å²) >= 11 is 9.28. The number of carbonyl (C=O) groups excluding carboxylic acids is 1. The molecule has 19 heavy (non-hydrogen) atoms. The highest BCUT2D eigenvalue weighted by Gasteiger charge is 2.50. The van der Waals surface area contributed by atoms with E-state index < -0.39 is 28.1 Å². The van der Waals surface area contributed by atoms with E-state index in [9.17, 15) is 14.3 Å². The van der Waals surface area contributed by atoms with E-state index in [1.807, 2.05) is 0 Å². The number of nitrogens with two attached hydrogens (primary N) is 1. The Morgan fingerprint density at radius 2 is 2.00 bits per heavy atom. The van der Waals surface area contributed by atoms with Gasteiger partial charge in [0.05, 0.1) is 5.60 Å². The predicted molar refractivity (Wildman–Crippen MR) is 76.6 cm³/mol. The van der Waals surface area contributed by atoms with Gasteiger partial charge in [0.15, 0.2) is 0 Å². The molecule has 0 heterocycles. The first-order chi connectivity index (χ1) is 8.51. The van der Waals surface area contributed by atoms with Gasteiger partial charge in [-0.25, -0.2) is 4.39 Å². The molecule has 0 aliphatic rings. The number of alkyl halides is 1. The van der Waals surface area contributed by atoms with Crippen LogP contribution in [-0.4, -0.2) is 22.0 Å². The summed E-state index contributed by atoms with van der Waals surface area (Å²) in [5.74, 6) is -1.37. The Bertz CT molecular complexity index is 504. The lowest BCUT2D eigenvalue weighted by Crippen LogP contribution is -2.55. The first-order valence-corrected chi connectivity index (χ1v) is 6.86. The molecule has 0 saturated carbocycles. The van der Waals surface area contributed by atoms with Gasteiger partial charge in [0.1, 0.15) is 11.2 Å². The highest BCUT2D eigenvalue weighted by Crippen LogP contribution is 2.42. The molecule has 6 heteroatoms. The number of amides is 1. The molecule has 0 aliphatic carbocycles. The van der Waals surface area contributed by atoms with Crippen molar-refractivity contribution in [2.24, 2.45) is 5.73 Å². The summed E-state index contributed by atoms with van der Waals surface area (Å²) < 4.78 is 14.7. The fraction of sp³-hybridized carbons (Fsp3) is 0.462. The molecule has 2 atom stereocenters. The molecule has 0 fully saturated rings. The van der Waals surface area contributed by atoms with Crippen LogP contribution in [0.4, 0.5) is 4.39 Å². The summed E-state index contributed by atoms with van der Waals surface area (Å²) in [6.45, 7) is 4.44. The number of primary amides is 1. The van der Waals surface area contributed by atoms with Crippen LogP contribution in [0.3, 0.4) is 0 Å². The molecular formula is C13H16BrClFNO2. The Morgan fingerprint density at radius 1 is 1.47 bits per heavy atom. The SMILES string of the molecule is CC(C)(O)[C@@](C)(c1cc(Br)ccc1F)C(Cl)C(N)=O. The molecular weight excluding hydrogens is 337 g/mol. The van der Waals surface area contributed by atoms with Crippen molar-refractivity contribution in [3.63, 3.8) is 0 Å². The van der Waals surface area contributed by atoms with Crippen molar-refractivity contribution < 1.29 is 14.3 Å².